The Kier molecular flexibility index (Phi) is 5.32. The van der Waals surface area contributed by atoms with Crippen LogP contribution in [0.1, 0.15) is 20.8 Å². The van der Waals surface area contributed by atoms with Crippen LogP contribution in [0.15, 0.2) is 46.9 Å². The predicted octanol–water partition coefficient (Wildman–Crippen LogP) is 2.70. The number of amides is 1. The Morgan fingerprint density at radius 1 is 1.35 bits per heavy atom. The smallest absolute Gasteiger partial charge is 0.251 e. The maximum Gasteiger partial charge on any atom is 0.251 e. The quantitative estimate of drug-likeness (QED) is 0.656. The van der Waals surface area contributed by atoms with E-state index in [-0.39, 0.29) is 5.91 Å². The monoisotopic (exact) mass is 288 g/mol. The van der Waals surface area contributed by atoms with Gasteiger partial charge in [-0.15, -0.1) is 11.3 Å². The molecular weight excluding hydrogens is 272 g/mol. The number of rotatable bonds is 6. The Bertz CT molecular complexity index is 562. The lowest BCUT2D eigenvalue weighted by molar-refractivity contribution is 0.0954. The summed E-state index contributed by atoms with van der Waals surface area (Å²) in [6.07, 6.45) is 2.46. The second kappa shape index (κ2) is 7.45. The zero-order valence-electron chi connectivity index (χ0n) is 11.2. The van der Waals surface area contributed by atoms with Crippen LogP contribution in [0.2, 0.25) is 0 Å². The third kappa shape index (κ3) is 4.20. The van der Waals surface area contributed by atoms with Gasteiger partial charge in [-0.05, 0) is 35.6 Å². The van der Waals surface area contributed by atoms with Crippen LogP contribution in [0.3, 0.4) is 0 Å². The number of nitrogens with one attached hydrogen (secondary N) is 1. The fraction of sp³-hybridized carbons (Fsp3) is 0.200. The van der Waals surface area contributed by atoms with E-state index in [9.17, 15) is 4.79 Å². The highest BCUT2D eigenvalue weighted by Crippen LogP contribution is 2.08. The second-order valence-corrected chi connectivity index (χ2v) is 5.16. The average molecular weight is 288 g/mol. The highest BCUT2D eigenvalue weighted by atomic mass is 32.1. The number of carbonyl (C=O) groups excluding carboxylic acids is 1. The van der Waals surface area contributed by atoms with Crippen LogP contribution in [-0.4, -0.2) is 25.8 Å². The molecule has 0 aliphatic carbocycles. The highest BCUT2D eigenvalue weighted by Gasteiger charge is 2.04. The lowest BCUT2D eigenvalue weighted by atomic mass is 10.1. The van der Waals surface area contributed by atoms with Gasteiger partial charge in [0.15, 0.2) is 0 Å². The molecule has 1 aromatic carbocycles. The molecule has 1 aromatic heterocycles. The van der Waals surface area contributed by atoms with E-state index in [0.717, 1.165) is 12.0 Å². The number of thiophene rings is 1. The lowest BCUT2D eigenvalue weighted by Crippen LogP contribution is -2.25. The normalized spacial score (nSPS) is 10.7. The molecule has 1 amide bonds. The molecule has 4 nitrogen and oxygen atoms in total. The van der Waals surface area contributed by atoms with E-state index in [2.05, 4.69) is 21.4 Å². The first-order valence-corrected chi connectivity index (χ1v) is 7.15. The predicted molar refractivity (Wildman–Crippen MR) is 81.4 cm³/mol. The van der Waals surface area contributed by atoms with Crippen LogP contribution in [0.5, 0.6) is 0 Å². The summed E-state index contributed by atoms with van der Waals surface area (Å²) in [5, 5.41) is 8.62. The van der Waals surface area contributed by atoms with Gasteiger partial charge in [0.05, 0.1) is 6.21 Å². The van der Waals surface area contributed by atoms with E-state index < -0.39 is 0 Å². The van der Waals surface area contributed by atoms with Crippen LogP contribution in [0.25, 0.3) is 0 Å². The number of hydrogen-bond donors (Lipinski definition) is 1. The average Bonchev–Trinajstić information content (AvgIpc) is 2.99. The van der Waals surface area contributed by atoms with Crippen molar-refractivity contribution in [3.05, 3.63) is 57.8 Å². The van der Waals surface area contributed by atoms with Crippen molar-refractivity contribution in [2.45, 2.75) is 6.42 Å². The van der Waals surface area contributed by atoms with E-state index in [1.54, 1.807) is 29.7 Å². The zero-order valence-corrected chi connectivity index (χ0v) is 12.0. The van der Waals surface area contributed by atoms with Crippen molar-refractivity contribution in [2.75, 3.05) is 13.7 Å². The Labute approximate surface area is 122 Å². The summed E-state index contributed by atoms with van der Waals surface area (Å²) in [6, 6.07) is 11.3. The molecule has 0 atom stereocenters. The molecule has 2 aromatic rings. The standard InChI is InChI=1S/C15H16N2O2S/c1-19-17-11-12-4-6-13(7-5-12)15(18)16-9-8-14-3-2-10-20-14/h2-7,10-11H,8-9H2,1H3,(H,16,18)/b17-11+. The fourth-order valence-corrected chi connectivity index (χ4v) is 2.40. The number of nitrogens with zero attached hydrogens (tertiary/aromatic N) is 1. The molecule has 0 aliphatic rings. The van der Waals surface area contributed by atoms with Gasteiger partial charge in [-0.25, -0.2) is 0 Å². The van der Waals surface area contributed by atoms with E-state index >= 15 is 0 Å². The van der Waals surface area contributed by atoms with Gasteiger partial charge in [0.2, 0.25) is 0 Å². The molecule has 0 unspecified atom stereocenters. The summed E-state index contributed by atoms with van der Waals surface area (Å²) in [4.78, 5) is 17.8. The van der Waals surface area contributed by atoms with Gasteiger partial charge < -0.3 is 10.2 Å². The summed E-state index contributed by atoms with van der Waals surface area (Å²) in [5.74, 6) is -0.0585. The van der Waals surface area contributed by atoms with Crippen molar-refractivity contribution in [2.24, 2.45) is 5.16 Å². The molecule has 0 spiro atoms. The van der Waals surface area contributed by atoms with Crippen molar-refractivity contribution in [3.8, 4) is 0 Å². The molecule has 1 N–H and O–H groups in total. The topological polar surface area (TPSA) is 50.7 Å². The van der Waals surface area contributed by atoms with E-state index in [0.29, 0.717) is 12.1 Å². The molecule has 0 saturated heterocycles. The number of hydrogen-bond acceptors (Lipinski definition) is 4. The largest absolute Gasteiger partial charge is 0.399 e. The molecule has 0 saturated carbocycles. The summed E-state index contributed by atoms with van der Waals surface area (Å²) in [5.41, 5.74) is 1.53. The van der Waals surface area contributed by atoms with Gasteiger partial charge in [-0.2, -0.15) is 0 Å². The number of benzene rings is 1. The minimum Gasteiger partial charge on any atom is -0.399 e. The highest BCUT2D eigenvalue weighted by molar-refractivity contribution is 7.09. The summed E-state index contributed by atoms with van der Waals surface area (Å²) < 4.78 is 0. The van der Waals surface area contributed by atoms with Gasteiger partial charge in [0.1, 0.15) is 7.11 Å². The molecule has 2 rings (SSSR count). The van der Waals surface area contributed by atoms with Gasteiger partial charge in [0, 0.05) is 17.0 Å². The minimum absolute atomic E-state index is 0.0585. The van der Waals surface area contributed by atoms with Crippen LogP contribution in [-0.2, 0) is 11.3 Å². The van der Waals surface area contributed by atoms with Gasteiger partial charge >= 0.3 is 0 Å². The molecular formula is C15H16N2O2S. The molecule has 0 bridgehead atoms. The number of carbonyl (C=O) groups is 1. The minimum atomic E-state index is -0.0585. The molecule has 5 heteroatoms. The summed E-state index contributed by atoms with van der Waals surface area (Å²) in [7, 11) is 1.49. The molecule has 0 fully saturated rings. The van der Waals surface area contributed by atoms with Crippen LogP contribution in [0.4, 0.5) is 0 Å². The third-order valence-corrected chi connectivity index (χ3v) is 3.65. The van der Waals surface area contributed by atoms with Gasteiger partial charge in [-0.3, -0.25) is 4.79 Å². The van der Waals surface area contributed by atoms with E-state index in [4.69, 9.17) is 0 Å². The second-order valence-electron chi connectivity index (χ2n) is 4.12. The van der Waals surface area contributed by atoms with Crippen LogP contribution < -0.4 is 5.32 Å². The fourth-order valence-electron chi connectivity index (χ4n) is 1.69. The third-order valence-electron chi connectivity index (χ3n) is 2.72. The van der Waals surface area contributed by atoms with Crippen LogP contribution in [0, 0.1) is 0 Å². The molecule has 104 valence electrons. The molecule has 0 aliphatic heterocycles. The van der Waals surface area contributed by atoms with Gasteiger partial charge in [0.25, 0.3) is 5.91 Å². The number of oxime groups is 1. The lowest BCUT2D eigenvalue weighted by Gasteiger charge is -2.04. The first-order chi connectivity index (χ1) is 9.79. The Morgan fingerprint density at radius 3 is 2.80 bits per heavy atom. The van der Waals surface area contributed by atoms with Crippen molar-refractivity contribution >= 4 is 23.5 Å². The molecule has 0 radical (unpaired) electrons. The first kappa shape index (κ1) is 14.3. The zero-order chi connectivity index (χ0) is 14.2. The Balaban J connectivity index is 1.84. The van der Waals surface area contributed by atoms with E-state index in [1.165, 1.54) is 12.0 Å². The SMILES string of the molecule is CO/N=C/c1ccc(C(=O)NCCc2cccs2)cc1. The molecule has 20 heavy (non-hydrogen) atoms. The molecule has 1 heterocycles. The van der Waals surface area contributed by atoms with Crippen molar-refractivity contribution < 1.29 is 9.63 Å². The van der Waals surface area contributed by atoms with Crippen LogP contribution >= 0.6 is 11.3 Å². The Hall–Kier alpha value is -2.14. The van der Waals surface area contributed by atoms with E-state index in [1.807, 2.05) is 23.6 Å². The Morgan fingerprint density at radius 2 is 2.15 bits per heavy atom. The van der Waals surface area contributed by atoms with Crippen molar-refractivity contribution in [1.82, 2.24) is 5.32 Å². The maximum atomic E-state index is 11.9. The maximum absolute atomic E-state index is 11.9. The van der Waals surface area contributed by atoms with Gasteiger partial charge in [-0.1, -0.05) is 23.4 Å². The summed E-state index contributed by atoms with van der Waals surface area (Å²) >= 11 is 1.70. The van der Waals surface area contributed by atoms with Crippen molar-refractivity contribution in [1.29, 1.82) is 0 Å². The summed E-state index contributed by atoms with van der Waals surface area (Å²) in [6.45, 7) is 0.645. The first-order valence-electron chi connectivity index (χ1n) is 6.27. The van der Waals surface area contributed by atoms with Crippen molar-refractivity contribution in [3.63, 3.8) is 0 Å².